The van der Waals surface area contributed by atoms with Crippen LogP contribution >= 0.6 is 0 Å². The largest absolute Gasteiger partial charge is 0.481 e. The van der Waals surface area contributed by atoms with Gasteiger partial charge in [0.15, 0.2) is 0 Å². The summed E-state index contributed by atoms with van der Waals surface area (Å²) >= 11 is 0. The van der Waals surface area contributed by atoms with E-state index in [1.807, 2.05) is 11.8 Å². The third-order valence-electron chi connectivity index (χ3n) is 4.08. The number of carboxylic acids is 1. The van der Waals surface area contributed by atoms with Gasteiger partial charge in [-0.1, -0.05) is 25.0 Å². The first-order valence-corrected chi connectivity index (χ1v) is 6.82. The first-order chi connectivity index (χ1) is 9.09. The summed E-state index contributed by atoms with van der Waals surface area (Å²) in [7, 11) is 0. The zero-order valence-corrected chi connectivity index (χ0v) is 11.2. The molecule has 1 aliphatic carbocycles. The molecule has 4 heteroatoms. The summed E-state index contributed by atoms with van der Waals surface area (Å²) in [6.45, 7) is 2.92. The Labute approximate surface area is 113 Å². The second kappa shape index (κ2) is 5.59. The molecule has 0 amide bonds. The number of hydrogen-bond acceptors (Lipinski definition) is 2. The number of carbonyl (C=O) groups is 1. The molecule has 1 aromatic rings. The molecule has 19 heavy (non-hydrogen) atoms. The fourth-order valence-corrected chi connectivity index (χ4v) is 2.93. The van der Waals surface area contributed by atoms with Crippen LogP contribution in [0.4, 0.5) is 10.1 Å². The maximum atomic E-state index is 13.8. The molecule has 104 valence electrons. The van der Waals surface area contributed by atoms with Crippen LogP contribution in [-0.2, 0) is 4.79 Å². The highest BCUT2D eigenvalue weighted by Gasteiger charge is 2.42. The Morgan fingerprint density at radius 2 is 2.00 bits per heavy atom. The standard InChI is InChI=1S/C15H20FNO2/c1-2-17(13-8-4-3-7-12(13)16)11-15(14(18)19)9-5-6-10-15/h3-4,7-8H,2,5-6,9-11H2,1H3,(H,18,19). The molecule has 1 fully saturated rings. The third kappa shape index (κ3) is 2.72. The maximum absolute atomic E-state index is 13.8. The molecule has 0 aliphatic heterocycles. The van der Waals surface area contributed by atoms with Gasteiger partial charge in [0, 0.05) is 13.1 Å². The monoisotopic (exact) mass is 265 g/mol. The van der Waals surface area contributed by atoms with E-state index in [0.717, 1.165) is 12.8 Å². The van der Waals surface area contributed by atoms with Crippen LogP contribution in [0.15, 0.2) is 24.3 Å². The van der Waals surface area contributed by atoms with Gasteiger partial charge in [-0.3, -0.25) is 4.79 Å². The number of nitrogens with zero attached hydrogens (tertiary/aromatic N) is 1. The lowest BCUT2D eigenvalue weighted by molar-refractivity contribution is -0.148. The van der Waals surface area contributed by atoms with Gasteiger partial charge in [-0.05, 0) is 31.9 Å². The second-order valence-electron chi connectivity index (χ2n) is 5.26. The topological polar surface area (TPSA) is 40.5 Å². The van der Waals surface area contributed by atoms with E-state index < -0.39 is 11.4 Å². The van der Waals surface area contributed by atoms with E-state index in [1.165, 1.54) is 6.07 Å². The Morgan fingerprint density at radius 3 is 2.53 bits per heavy atom. The number of para-hydroxylation sites is 1. The Morgan fingerprint density at radius 1 is 1.37 bits per heavy atom. The molecule has 2 rings (SSSR count). The van der Waals surface area contributed by atoms with E-state index >= 15 is 0 Å². The lowest BCUT2D eigenvalue weighted by atomic mass is 9.85. The van der Waals surface area contributed by atoms with Gasteiger partial charge < -0.3 is 10.0 Å². The summed E-state index contributed by atoms with van der Waals surface area (Å²) in [6, 6.07) is 6.56. The Hall–Kier alpha value is -1.58. The smallest absolute Gasteiger partial charge is 0.311 e. The van der Waals surface area contributed by atoms with Crippen molar-refractivity contribution in [2.45, 2.75) is 32.6 Å². The normalized spacial score (nSPS) is 17.4. The lowest BCUT2D eigenvalue weighted by Gasteiger charge is -2.33. The molecular formula is C15H20FNO2. The van der Waals surface area contributed by atoms with Crippen LogP contribution < -0.4 is 4.90 Å². The molecule has 0 atom stereocenters. The highest BCUT2D eigenvalue weighted by molar-refractivity contribution is 5.76. The minimum atomic E-state index is -0.750. The van der Waals surface area contributed by atoms with Crippen LogP contribution in [0, 0.1) is 11.2 Å². The fraction of sp³-hybridized carbons (Fsp3) is 0.533. The number of aliphatic carboxylic acids is 1. The summed E-state index contributed by atoms with van der Waals surface area (Å²) in [4.78, 5) is 13.4. The van der Waals surface area contributed by atoms with E-state index in [-0.39, 0.29) is 5.82 Å². The van der Waals surface area contributed by atoms with Gasteiger partial charge in [-0.25, -0.2) is 4.39 Å². The summed E-state index contributed by atoms with van der Waals surface area (Å²) < 4.78 is 13.8. The molecule has 1 N–H and O–H groups in total. The molecule has 0 radical (unpaired) electrons. The van der Waals surface area contributed by atoms with Crippen LogP contribution in [0.3, 0.4) is 0 Å². The molecule has 0 bridgehead atoms. The van der Waals surface area contributed by atoms with Gasteiger partial charge in [0.2, 0.25) is 0 Å². The molecule has 0 unspecified atom stereocenters. The quantitative estimate of drug-likeness (QED) is 0.888. The van der Waals surface area contributed by atoms with Crippen molar-refractivity contribution >= 4 is 11.7 Å². The van der Waals surface area contributed by atoms with E-state index in [0.29, 0.717) is 31.6 Å². The first kappa shape index (κ1) is 13.8. The van der Waals surface area contributed by atoms with E-state index in [4.69, 9.17) is 0 Å². The number of anilines is 1. The number of benzene rings is 1. The average molecular weight is 265 g/mol. The maximum Gasteiger partial charge on any atom is 0.311 e. The molecule has 1 aromatic carbocycles. The highest BCUT2D eigenvalue weighted by atomic mass is 19.1. The minimum absolute atomic E-state index is 0.289. The molecular weight excluding hydrogens is 245 g/mol. The highest BCUT2D eigenvalue weighted by Crippen LogP contribution is 2.40. The van der Waals surface area contributed by atoms with Gasteiger partial charge in [-0.15, -0.1) is 0 Å². The number of carboxylic acid groups (broad SMARTS) is 1. The Bertz CT molecular complexity index is 455. The lowest BCUT2D eigenvalue weighted by Crippen LogP contribution is -2.42. The van der Waals surface area contributed by atoms with Crippen molar-refractivity contribution in [2.24, 2.45) is 5.41 Å². The van der Waals surface area contributed by atoms with Crippen LogP contribution in [0.1, 0.15) is 32.6 Å². The van der Waals surface area contributed by atoms with Gasteiger partial charge in [0.25, 0.3) is 0 Å². The van der Waals surface area contributed by atoms with Crippen molar-refractivity contribution in [3.8, 4) is 0 Å². The van der Waals surface area contributed by atoms with Crippen LogP contribution in [0.2, 0.25) is 0 Å². The van der Waals surface area contributed by atoms with E-state index in [1.54, 1.807) is 18.2 Å². The SMILES string of the molecule is CCN(CC1(C(=O)O)CCCC1)c1ccccc1F. The van der Waals surface area contributed by atoms with E-state index in [9.17, 15) is 14.3 Å². The molecule has 0 spiro atoms. The Balaban J connectivity index is 2.24. The van der Waals surface area contributed by atoms with Crippen LogP contribution in [0.5, 0.6) is 0 Å². The molecule has 0 aromatic heterocycles. The van der Waals surface area contributed by atoms with Crippen molar-refractivity contribution in [1.82, 2.24) is 0 Å². The fourth-order valence-electron chi connectivity index (χ4n) is 2.93. The van der Waals surface area contributed by atoms with Gasteiger partial charge in [-0.2, -0.15) is 0 Å². The van der Waals surface area contributed by atoms with Crippen LogP contribution in [-0.4, -0.2) is 24.2 Å². The van der Waals surface area contributed by atoms with Crippen molar-refractivity contribution in [3.05, 3.63) is 30.1 Å². The molecule has 1 saturated carbocycles. The first-order valence-electron chi connectivity index (χ1n) is 6.82. The van der Waals surface area contributed by atoms with Gasteiger partial charge >= 0.3 is 5.97 Å². The average Bonchev–Trinajstić information content (AvgIpc) is 2.87. The van der Waals surface area contributed by atoms with Gasteiger partial charge in [0.1, 0.15) is 5.82 Å². The minimum Gasteiger partial charge on any atom is -0.481 e. The molecule has 0 heterocycles. The number of hydrogen-bond donors (Lipinski definition) is 1. The molecule has 3 nitrogen and oxygen atoms in total. The number of rotatable bonds is 5. The van der Waals surface area contributed by atoms with Crippen molar-refractivity contribution < 1.29 is 14.3 Å². The Kier molecular flexibility index (Phi) is 4.08. The third-order valence-corrected chi connectivity index (χ3v) is 4.08. The summed E-state index contributed by atoms with van der Waals surface area (Å²) in [6.07, 6.45) is 3.27. The molecule has 1 aliphatic rings. The predicted molar refractivity (Wildman–Crippen MR) is 72.8 cm³/mol. The zero-order valence-electron chi connectivity index (χ0n) is 11.2. The summed E-state index contributed by atoms with van der Waals surface area (Å²) in [5, 5.41) is 9.50. The number of halogens is 1. The zero-order chi connectivity index (χ0) is 13.9. The van der Waals surface area contributed by atoms with Crippen molar-refractivity contribution in [3.63, 3.8) is 0 Å². The van der Waals surface area contributed by atoms with Crippen molar-refractivity contribution in [1.29, 1.82) is 0 Å². The van der Waals surface area contributed by atoms with E-state index in [2.05, 4.69) is 0 Å². The predicted octanol–water partition coefficient (Wildman–Crippen LogP) is 3.30. The molecule has 0 saturated heterocycles. The summed E-state index contributed by atoms with van der Waals surface area (Å²) in [5.74, 6) is -1.04. The van der Waals surface area contributed by atoms with Gasteiger partial charge in [0.05, 0.1) is 11.1 Å². The second-order valence-corrected chi connectivity index (χ2v) is 5.26. The summed E-state index contributed by atoms with van der Waals surface area (Å²) in [5.41, 5.74) is -0.212. The van der Waals surface area contributed by atoms with Crippen LogP contribution in [0.25, 0.3) is 0 Å². The van der Waals surface area contributed by atoms with Crippen molar-refractivity contribution in [2.75, 3.05) is 18.0 Å².